The molecule has 0 bridgehead atoms. The van der Waals surface area contributed by atoms with Crippen LogP contribution in [0, 0.1) is 5.92 Å². The Morgan fingerprint density at radius 3 is 3.19 bits per heavy atom. The second-order valence-corrected chi connectivity index (χ2v) is 4.34. The van der Waals surface area contributed by atoms with Gasteiger partial charge in [-0.25, -0.2) is 9.97 Å². The summed E-state index contributed by atoms with van der Waals surface area (Å²) < 4.78 is 0. The van der Waals surface area contributed by atoms with Crippen molar-refractivity contribution < 1.29 is 0 Å². The van der Waals surface area contributed by atoms with Gasteiger partial charge in [-0.05, 0) is 38.3 Å². The predicted molar refractivity (Wildman–Crippen MR) is 65.5 cm³/mol. The van der Waals surface area contributed by atoms with Crippen LogP contribution in [0.2, 0.25) is 0 Å². The zero-order chi connectivity index (χ0) is 11.2. The summed E-state index contributed by atoms with van der Waals surface area (Å²) in [7, 11) is 0. The quantitative estimate of drug-likeness (QED) is 0.806. The molecule has 1 aromatic rings. The standard InChI is InChI=1S/C12H20N4/c1-2-11-6-12(16-9-15-11)14-8-10-4-3-5-13-7-10/h6,9-10,13H,2-5,7-8H2,1H3,(H,14,15,16). The van der Waals surface area contributed by atoms with Crippen LogP contribution in [-0.4, -0.2) is 29.6 Å². The summed E-state index contributed by atoms with van der Waals surface area (Å²) in [5.41, 5.74) is 1.10. The third-order valence-corrected chi connectivity index (χ3v) is 3.06. The summed E-state index contributed by atoms with van der Waals surface area (Å²) in [5.74, 6) is 1.69. The first-order valence-electron chi connectivity index (χ1n) is 6.14. The first-order valence-corrected chi connectivity index (χ1v) is 6.14. The molecule has 1 fully saturated rings. The molecule has 4 nitrogen and oxygen atoms in total. The van der Waals surface area contributed by atoms with Crippen LogP contribution in [0.3, 0.4) is 0 Å². The van der Waals surface area contributed by atoms with E-state index in [-0.39, 0.29) is 0 Å². The average molecular weight is 220 g/mol. The van der Waals surface area contributed by atoms with Gasteiger partial charge in [0.25, 0.3) is 0 Å². The van der Waals surface area contributed by atoms with Gasteiger partial charge in [-0.2, -0.15) is 0 Å². The van der Waals surface area contributed by atoms with Crippen LogP contribution < -0.4 is 10.6 Å². The molecule has 0 spiro atoms. The fourth-order valence-corrected chi connectivity index (χ4v) is 2.03. The van der Waals surface area contributed by atoms with Gasteiger partial charge >= 0.3 is 0 Å². The molecular weight excluding hydrogens is 200 g/mol. The Labute approximate surface area is 96.9 Å². The molecule has 1 atom stereocenters. The fourth-order valence-electron chi connectivity index (χ4n) is 2.03. The number of rotatable bonds is 4. The summed E-state index contributed by atoms with van der Waals surface area (Å²) in [5, 5.41) is 6.82. The van der Waals surface area contributed by atoms with Crippen molar-refractivity contribution in [1.82, 2.24) is 15.3 Å². The Bertz CT molecular complexity index is 321. The third kappa shape index (κ3) is 3.17. The van der Waals surface area contributed by atoms with Crippen LogP contribution in [-0.2, 0) is 6.42 Å². The number of nitrogens with zero attached hydrogens (tertiary/aromatic N) is 2. The van der Waals surface area contributed by atoms with E-state index in [1.165, 1.54) is 19.4 Å². The molecule has 0 radical (unpaired) electrons. The summed E-state index contributed by atoms with van der Waals surface area (Å²) >= 11 is 0. The maximum Gasteiger partial charge on any atom is 0.129 e. The van der Waals surface area contributed by atoms with Gasteiger partial charge in [0.1, 0.15) is 12.1 Å². The number of nitrogens with one attached hydrogen (secondary N) is 2. The molecule has 1 unspecified atom stereocenters. The monoisotopic (exact) mass is 220 g/mol. The lowest BCUT2D eigenvalue weighted by Gasteiger charge is -2.23. The van der Waals surface area contributed by atoms with Crippen molar-refractivity contribution in [2.45, 2.75) is 26.2 Å². The minimum absolute atomic E-state index is 0.730. The van der Waals surface area contributed by atoms with E-state index in [0.717, 1.165) is 36.9 Å². The Hall–Kier alpha value is -1.16. The number of piperidine rings is 1. The van der Waals surface area contributed by atoms with Crippen LogP contribution >= 0.6 is 0 Å². The molecule has 88 valence electrons. The fraction of sp³-hybridized carbons (Fsp3) is 0.667. The van der Waals surface area contributed by atoms with E-state index in [9.17, 15) is 0 Å². The summed E-state index contributed by atoms with van der Waals surface area (Å²) in [6.07, 6.45) is 5.20. The highest BCUT2D eigenvalue weighted by Crippen LogP contribution is 2.11. The predicted octanol–water partition coefficient (Wildman–Crippen LogP) is 1.45. The van der Waals surface area contributed by atoms with Crippen molar-refractivity contribution in [2.24, 2.45) is 5.92 Å². The van der Waals surface area contributed by atoms with Crippen molar-refractivity contribution in [1.29, 1.82) is 0 Å². The molecule has 4 heteroatoms. The molecule has 1 aliphatic heterocycles. The lowest BCUT2D eigenvalue weighted by Crippen LogP contribution is -2.33. The number of anilines is 1. The normalized spacial score (nSPS) is 20.7. The Kier molecular flexibility index (Phi) is 4.10. The minimum atomic E-state index is 0.730. The summed E-state index contributed by atoms with van der Waals surface area (Å²) in [6.45, 7) is 5.41. The Morgan fingerprint density at radius 2 is 2.44 bits per heavy atom. The molecule has 1 aliphatic rings. The van der Waals surface area contributed by atoms with Gasteiger partial charge in [0.05, 0.1) is 0 Å². The number of aromatic nitrogens is 2. The third-order valence-electron chi connectivity index (χ3n) is 3.06. The van der Waals surface area contributed by atoms with Crippen molar-refractivity contribution in [3.63, 3.8) is 0 Å². The molecule has 2 rings (SSSR count). The zero-order valence-corrected chi connectivity index (χ0v) is 9.87. The minimum Gasteiger partial charge on any atom is -0.370 e. The smallest absolute Gasteiger partial charge is 0.129 e. The van der Waals surface area contributed by atoms with Crippen LogP contribution in [0.5, 0.6) is 0 Å². The van der Waals surface area contributed by atoms with E-state index in [1.807, 2.05) is 6.07 Å². The van der Waals surface area contributed by atoms with E-state index >= 15 is 0 Å². The van der Waals surface area contributed by atoms with Gasteiger partial charge in [0, 0.05) is 18.3 Å². The van der Waals surface area contributed by atoms with E-state index in [0.29, 0.717) is 0 Å². The molecule has 2 N–H and O–H groups in total. The Balaban J connectivity index is 1.83. The molecule has 2 heterocycles. The van der Waals surface area contributed by atoms with Gasteiger partial charge in [-0.3, -0.25) is 0 Å². The van der Waals surface area contributed by atoms with Crippen LogP contribution in [0.25, 0.3) is 0 Å². The number of aryl methyl sites for hydroxylation is 1. The molecule has 0 aromatic carbocycles. The van der Waals surface area contributed by atoms with E-state index in [1.54, 1.807) is 6.33 Å². The van der Waals surface area contributed by atoms with E-state index in [4.69, 9.17) is 0 Å². The highest BCUT2D eigenvalue weighted by Gasteiger charge is 2.12. The first-order chi connectivity index (χ1) is 7.88. The maximum atomic E-state index is 4.23. The van der Waals surface area contributed by atoms with Crippen molar-refractivity contribution in [2.75, 3.05) is 25.0 Å². The molecule has 1 saturated heterocycles. The van der Waals surface area contributed by atoms with Crippen molar-refractivity contribution in [3.05, 3.63) is 18.1 Å². The SMILES string of the molecule is CCc1cc(NCC2CCCNC2)ncn1. The number of hydrogen-bond donors (Lipinski definition) is 2. The van der Waals surface area contributed by atoms with Crippen molar-refractivity contribution >= 4 is 5.82 Å². The van der Waals surface area contributed by atoms with E-state index in [2.05, 4.69) is 27.5 Å². The molecule has 0 aliphatic carbocycles. The number of hydrogen-bond acceptors (Lipinski definition) is 4. The highest BCUT2D eigenvalue weighted by molar-refractivity contribution is 5.34. The van der Waals surface area contributed by atoms with Gasteiger partial charge in [0.2, 0.25) is 0 Å². The molecule has 0 amide bonds. The second-order valence-electron chi connectivity index (χ2n) is 4.34. The molecule has 0 saturated carbocycles. The highest BCUT2D eigenvalue weighted by atomic mass is 15.0. The lowest BCUT2D eigenvalue weighted by atomic mass is 10.00. The Morgan fingerprint density at radius 1 is 1.50 bits per heavy atom. The molecular formula is C12H20N4. The zero-order valence-electron chi connectivity index (χ0n) is 9.87. The summed E-state index contributed by atoms with van der Waals surface area (Å²) in [4.78, 5) is 8.42. The van der Waals surface area contributed by atoms with Gasteiger partial charge in [0.15, 0.2) is 0 Å². The molecule has 16 heavy (non-hydrogen) atoms. The van der Waals surface area contributed by atoms with Crippen LogP contribution in [0.1, 0.15) is 25.5 Å². The van der Waals surface area contributed by atoms with Gasteiger partial charge in [-0.1, -0.05) is 6.92 Å². The first kappa shape index (κ1) is 11.3. The molecule has 1 aromatic heterocycles. The van der Waals surface area contributed by atoms with Gasteiger partial charge < -0.3 is 10.6 Å². The second kappa shape index (κ2) is 5.80. The van der Waals surface area contributed by atoms with Crippen LogP contribution in [0.4, 0.5) is 5.82 Å². The largest absolute Gasteiger partial charge is 0.370 e. The maximum absolute atomic E-state index is 4.23. The average Bonchev–Trinajstić information content (AvgIpc) is 2.38. The van der Waals surface area contributed by atoms with E-state index < -0.39 is 0 Å². The summed E-state index contributed by atoms with van der Waals surface area (Å²) in [6, 6.07) is 2.04. The lowest BCUT2D eigenvalue weighted by molar-refractivity contribution is 0.392. The topological polar surface area (TPSA) is 49.8 Å². The van der Waals surface area contributed by atoms with Crippen molar-refractivity contribution in [3.8, 4) is 0 Å². The van der Waals surface area contributed by atoms with Crippen LogP contribution in [0.15, 0.2) is 12.4 Å². The van der Waals surface area contributed by atoms with Gasteiger partial charge in [-0.15, -0.1) is 0 Å².